The number of hydrogen-bond acceptors (Lipinski definition) is 18. The van der Waals surface area contributed by atoms with Crippen LogP contribution in [0, 0.1) is 23.7 Å². The molecule has 2 amide bonds. The van der Waals surface area contributed by atoms with Crippen molar-refractivity contribution in [3.05, 3.63) is 95.6 Å². The maximum Gasteiger partial charge on any atom is 0.374 e. The van der Waals surface area contributed by atoms with Gasteiger partial charge in [0.2, 0.25) is 11.8 Å². The highest BCUT2D eigenvalue weighted by atomic mass is 16.6. The molecule has 78 heavy (non-hydrogen) atoms. The Balaban J connectivity index is 0.000000245. The maximum atomic E-state index is 13.4. The summed E-state index contributed by atoms with van der Waals surface area (Å²) in [6.45, 7) is 8.98. The highest BCUT2D eigenvalue weighted by Gasteiger charge is 2.58. The fraction of sp³-hybridized carbons (Fsp3) is 0.564. The zero-order valence-electron chi connectivity index (χ0n) is 44.6. The molecule has 6 aliphatic rings. The molecule has 6 saturated heterocycles. The lowest BCUT2D eigenvalue weighted by molar-refractivity contribution is -0.149. The van der Waals surface area contributed by atoms with Crippen molar-refractivity contribution in [1.82, 2.24) is 30.1 Å². The number of fused-ring (bicyclic) bond motifs is 4. The number of nitrogens with zero attached hydrogens (tertiary/aromatic N) is 4. The molecule has 0 aromatic heterocycles. The van der Waals surface area contributed by atoms with Crippen LogP contribution in [0.15, 0.2) is 78.9 Å². The van der Waals surface area contributed by atoms with Crippen LogP contribution in [0.4, 0.5) is 0 Å². The Kier molecular flexibility index (Phi) is 22.8. The quantitative estimate of drug-likeness (QED) is 0.0600. The van der Waals surface area contributed by atoms with Crippen LogP contribution >= 0.6 is 0 Å². The van der Waals surface area contributed by atoms with Gasteiger partial charge < -0.3 is 74.0 Å². The van der Waals surface area contributed by atoms with E-state index in [9.17, 15) is 43.9 Å². The van der Waals surface area contributed by atoms with Crippen LogP contribution in [-0.2, 0) is 62.4 Å². The van der Waals surface area contributed by atoms with Gasteiger partial charge in [0.1, 0.15) is 30.2 Å². The molecule has 6 heterocycles. The van der Waals surface area contributed by atoms with E-state index >= 15 is 0 Å². The molecule has 6 N–H and O–H groups in total. The number of aliphatic hydroxyl groups excluding tert-OH is 1. The number of nitrogens with one attached hydrogen (secondary N) is 2. The largest absolute Gasteiger partial charge is 0.480 e. The molecule has 10 unspecified atom stereocenters. The molecule has 21 nitrogen and oxygen atoms in total. The van der Waals surface area contributed by atoms with Crippen molar-refractivity contribution >= 4 is 49.8 Å². The molecule has 424 valence electrons. The van der Waals surface area contributed by atoms with E-state index in [1.54, 1.807) is 55.4 Å². The van der Waals surface area contributed by atoms with Crippen molar-refractivity contribution in [1.29, 1.82) is 0 Å². The van der Waals surface area contributed by atoms with Crippen molar-refractivity contribution in [2.45, 2.75) is 103 Å². The number of aliphatic carboxylic acids is 1. The minimum atomic E-state index is -1.07. The van der Waals surface area contributed by atoms with E-state index in [0.29, 0.717) is 43.2 Å². The minimum Gasteiger partial charge on any atom is -0.480 e. The van der Waals surface area contributed by atoms with Gasteiger partial charge in [0.25, 0.3) is 0 Å². The van der Waals surface area contributed by atoms with Crippen molar-refractivity contribution < 1.29 is 72.7 Å². The summed E-state index contributed by atoms with van der Waals surface area (Å²) in [6, 6.07) is 21.2. The summed E-state index contributed by atoms with van der Waals surface area (Å²) in [5.41, 5.74) is 2.38. The fourth-order valence-electron chi connectivity index (χ4n) is 11.1. The topological polar surface area (TPSA) is 267 Å². The highest BCUT2D eigenvalue weighted by molar-refractivity contribution is 6.46. The standard InChI is InChI=1S/C30H38BN3O7.C23H32BN3O7.CH4O.CH4/c1-31(38)32-23(29(36)39-19-21-6-4-3-5-7-21)18-20-8-10-22(11-9-20)40-30(37)27-25-13-12-24(41-25)26(27)28(35)34-16-14-33(2)15-17-34;1-24(32)25-16(22(29)30)13-14-3-5-15(6-4-14)33-23(31)20-18-8-7-17(34-18)19(20)21(28)27-11-9-26(2)10-12-27;1-2;/h3-11,23-27,32,38H,12-19H2,1-2H3;3-6,16-20,25,32H,7-13H2,1-2H3,(H,29,30);2H,1H3;1H4. The maximum absolute atomic E-state index is 13.4. The van der Waals surface area contributed by atoms with E-state index in [4.69, 9.17) is 28.8 Å². The first-order valence-corrected chi connectivity index (χ1v) is 26.6. The Labute approximate surface area is 458 Å². The molecule has 0 saturated carbocycles. The van der Waals surface area contributed by atoms with Gasteiger partial charge in [-0.3, -0.25) is 28.8 Å². The monoisotopic (exact) mass is 1080 g/mol. The Hall–Kier alpha value is -5.75. The number of amides is 2. The molecule has 4 bridgehead atoms. The second kappa shape index (κ2) is 28.9. The van der Waals surface area contributed by atoms with Gasteiger partial charge in [-0.15, -0.1) is 0 Å². The predicted molar refractivity (Wildman–Crippen MR) is 290 cm³/mol. The number of esters is 3. The lowest BCUT2D eigenvalue weighted by Crippen LogP contribution is -2.52. The summed E-state index contributed by atoms with van der Waals surface area (Å²) in [6.07, 6.45) is 2.38. The van der Waals surface area contributed by atoms with Crippen molar-refractivity contribution in [3.63, 3.8) is 0 Å². The van der Waals surface area contributed by atoms with Gasteiger partial charge >= 0.3 is 38.0 Å². The number of carboxylic acid groups (broad SMARTS) is 1. The lowest BCUT2D eigenvalue weighted by atomic mass is 9.78. The third-order valence-electron chi connectivity index (χ3n) is 15.1. The van der Waals surface area contributed by atoms with Crippen molar-refractivity contribution in [2.24, 2.45) is 23.7 Å². The Morgan fingerprint density at radius 2 is 0.936 bits per heavy atom. The summed E-state index contributed by atoms with van der Waals surface area (Å²) >= 11 is 0. The zero-order valence-corrected chi connectivity index (χ0v) is 44.6. The van der Waals surface area contributed by atoms with E-state index in [2.05, 4.69) is 20.3 Å². The summed E-state index contributed by atoms with van der Waals surface area (Å²) in [7, 11) is 3.20. The average molecular weight is 1080 g/mol. The third kappa shape index (κ3) is 16.0. The predicted octanol–water partition coefficient (Wildman–Crippen LogP) is 1.61. The van der Waals surface area contributed by atoms with Crippen LogP contribution in [0.3, 0.4) is 0 Å². The van der Waals surface area contributed by atoms with Crippen LogP contribution < -0.4 is 19.9 Å². The van der Waals surface area contributed by atoms with E-state index in [1.165, 1.54) is 6.82 Å². The number of ether oxygens (including phenoxy) is 5. The van der Waals surface area contributed by atoms with E-state index < -0.39 is 73.7 Å². The number of carbonyl (C=O) groups is 6. The Bertz CT molecular complexity index is 2450. The van der Waals surface area contributed by atoms with E-state index in [0.717, 1.165) is 70.1 Å². The second-order valence-electron chi connectivity index (χ2n) is 20.7. The van der Waals surface area contributed by atoms with E-state index in [1.807, 2.05) is 54.2 Å². The first-order valence-electron chi connectivity index (χ1n) is 26.6. The smallest absolute Gasteiger partial charge is 0.374 e. The van der Waals surface area contributed by atoms with E-state index in [-0.39, 0.29) is 63.1 Å². The fourth-order valence-corrected chi connectivity index (χ4v) is 11.1. The van der Waals surface area contributed by atoms with Crippen molar-refractivity contribution in [3.8, 4) is 11.5 Å². The number of hydrogen-bond donors (Lipinski definition) is 6. The lowest BCUT2D eigenvalue weighted by Gasteiger charge is -2.36. The number of likely N-dealkylation sites (N-methyl/N-ethyl adjacent to an activating group) is 2. The number of carbonyl (C=O) groups excluding carboxylic acids is 5. The second-order valence-corrected chi connectivity index (χ2v) is 20.7. The SMILES string of the molecule is C.CB(O)NC(Cc1ccc(OC(=O)C2C3CCC(O3)C2C(=O)N2CCN(C)CC2)cc1)C(=O)O.CB(O)NC(Cc1ccc(OC(=O)C2C3CCC(O3)C2C(=O)N2CCN(C)CC2)cc1)C(=O)OCc1ccccc1.CO. The highest BCUT2D eigenvalue weighted by Crippen LogP contribution is 2.46. The number of aliphatic hydroxyl groups is 1. The van der Waals surface area contributed by atoms with Crippen LogP contribution in [0.25, 0.3) is 0 Å². The van der Waals surface area contributed by atoms with Crippen LogP contribution in [0.1, 0.15) is 49.8 Å². The first-order chi connectivity index (χ1) is 37.0. The molecule has 9 rings (SSSR count). The number of carboxylic acids is 1. The molecule has 23 heteroatoms. The molecule has 0 radical (unpaired) electrons. The molecule has 3 aromatic rings. The average Bonchev–Trinajstić information content (AvgIpc) is 4.33. The molecule has 0 spiro atoms. The molecular weight excluding hydrogens is 1010 g/mol. The van der Waals surface area contributed by atoms with Gasteiger partial charge in [-0.05, 0) is 107 Å². The molecule has 10 atom stereocenters. The number of benzene rings is 3. The minimum absolute atomic E-state index is 0. The van der Waals surface area contributed by atoms with Gasteiger partial charge in [0.05, 0.1) is 48.1 Å². The van der Waals surface area contributed by atoms with Crippen LogP contribution in [-0.4, -0.2) is 200 Å². The summed E-state index contributed by atoms with van der Waals surface area (Å²) in [4.78, 5) is 85.4. The van der Waals surface area contributed by atoms with Crippen LogP contribution in [0.2, 0.25) is 13.6 Å². The summed E-state index contributed by atoms with van der Waals surface area (Å²) in [5.74, 6) is -4.09. The molecule has 6 fully saturated rings. The van der Waals surface area contributed by atoms with Crippen LogP contribution in [0.5, 0.6) is 11.5 Å². The van der Waals surface area contributed by atoms with Crippen molar-refractivity contribution in [2.75, 3.05) is 73.6 Å². The number of piperazine rings is 2. The Morgan fingerprint density at radius 1 is 0.564 bits per heavy atom. The number of rotatable bonds is 18. The molecular formula is C55H78B2N6O15. The summed E-state index contributed by atoms with van der Waals surface area (Å²) < 4.78 is 28.8. The van der Waals surface area contributed by atoms with Gasteiger partial charge in [0.15, 0.2) is 0 Å². The third-order valence-corrected chi connectivity index (χ3v) is 15.1. The molecule has 6 aliphatic heterocycles. The normalized spacial score (nSPS) is 25.0. The zero-order chi connectivity index (χ0) is 55.3. The first kappa shape index (κ1) is 61.5. The molecule has 3 aromatic carbocycles. The van der Waals surface area contributed by atoms with Gasteiger partial charge in [-0.2, -0.15) is 0 Å². The van der Waals surface area contributed by atoms with Gasteiger partial charge in [0, 0.05) is 59.5 Å². The van der Waals surface area contributed by atoms with Gasteiger partial charge in [-0.1, -0.05) is 62.0 Å². The van der Waals surface area contributed by atoms with Gasteiger partial charge in [-0.25, -0.2) is 0 Å². The summed E-state index contributed by atoms with van der Waals surface area (Å²) in [5, 5.41) is 41.1. The Morgan fingerprint density at radius 3 is 1.32 bits per heavy atom. The molecule has 0 aliphatic carbocycles.